The van der Waals surface area contributed by atoms with E-state index in [4.69, 9.17) is 5.73 Å². The van der Waals surface area contributed by atoms with E-state index in [9.17, 15) is 4.39 Å². The van der Waals surface area contributed by atoms with Gasteiger partial charge in [0.25, 0.3) is 0 Å². The van der Waals surface area contributed by atoms with E-state index in [1.165, 1.54) is 18.9 Å². The van der Waals surface area contributed by atoms with E-state index in [0.717, 1.165) is 18.7 Å². The molecule has 0 radical (unpaired) electrons. The van der Waals surface area contributed by atoms with Gasteiger partial charge in [0.2, 0.25) is 0 Å². The van der Waals surface area contributed by atoms with Crippen LogP contribution in [0.15, 0.2) is 16.6 Å². The Labute approximate surface area is 104 Å². The summed E-state index contributed by atoms with van der Waals surface area (Å²) in [6, 6.07) is 3.78. The Morgan fingerprint density at radius 2 is 2.19 bits per heavy atom. The van der Waals surface area contributed by atoms with Gasteiger partial charge in [0.1, 0.15) is 5.82 Å². The van der Waals surface area contributed by atoms with Gasteiger partial charge < -0.3 is 10.6 Å². The van der Waals surface area contributed by atoms with E-state index in [1.807, 2.05) is 0 Å². The molecule has 0 aliphatic heterocycles. The van der Waals surface area contributed by atoms with Crippen molar-refractivity contribution in [1.29, 1.82) is 0 Å². The molecule has 1 saturated carbocycles. The number of benzene rings is 1. The number of nitrogens with two attached hydrogens (primary N) is 1. The Hall–Kier alpha value is -0.770. The van der Waals surface area contributed by atoms with Crippen molar-refractivity contribution < 1.29 is 4.39 Å². The second-order valence-electron chi connectivity index (χ2n) is 4.25. The molecule has 0 saturated heterocycles. The fraction of sp³-hybridized carbons (Fsp3) is 0.500. The number of anilines is 2. The first-order valence-electron chi connectivity index (χ1n) is 5.64. The molecule has 1 aromatic carbocycles. The van der Waals surface area contributed by atoms with Crippen LogP contribution in [0.3, 0.4) is 0 Å². The van der Waals surface area contributed by atoms with E-state index < -0.39 is 0 Å². The molecule has 1 fully saturated rings. The molecular weight excluding hydrogens is 271 g/mol. The van der Waals surface area contributed by atoms with Crippen molar-refractivity contribution in [2.75, 3.05) is 17.2 Å². The Balaban J connectivity index is 2.32. The third kappa shape index (κ3) is 2.32. The van der Waals surface area contributed by atoms with Gasteiger partial charge in [0.15, 0.2) is 0 Å². The first-order valence-corrected chi connectivity index (χ1v) is 6.44. The molecule has 0 bridgehead atoms. The predicted octanol–water partition coefficient (Wildman–Crippen LogP) is 3.55. The molecule has 0 amide bonds. The van der Waals surface area contributed by atoms with Crippen LogP contribution in [-0.2, 0) is 0 Å². The molecule has 0 spiro atoms. The lowest BCUT2D eigenvalue weighted by atomic mass is 10.2. The smallest absolute Gasteiger partial charge is 0.139 e. The van der Waals surface area contributed by atoms with Crippen LogP contribution in [-0.4, -0.2) is 12.6 Å². The Morgan fingerprint density at radius 1 is 1.50 bits per heavy atom. The quantitative estimate of drug-likeness (QED) is 0.858. The van der Waals surface area contributed by atoms with Crippen molar-refractivity contribution >= 4 is 27.3 Å². The summed E-state index contributed by atoms with van der Waals surface area (Å²) in [4.78, 5) is 2.29. The van der Waals surface area contributed by atoms with Crippen molar-refractivity contribution in [3.05, 3.63) is 22.4 Å². The molecule has 1 aliphatic carbocycles. The highest BCUT2D eigenvalue weighted by atomic mass is 79.9. The number of halogens is 2. The van der Waals surface area contributed by atoms with E-state index in [0.29, 0.717) is 16.2 Å². The lowest BCUT2D eigenvalue weighted by Gasteiger charge is -2.26. The number of nitrogen functional groups attached to an aromatic ring is 1. The standard InChI is InChI=1S/C12H16BrFN2/c1-2-5-16(8-3-4-8)12-6-9(13)10(14)7-11(12)15/h6-8H,2-5,15H2,1H3. The van der Waals surface area contributed by atoms with Crippen LogP contribution in [0.4, 0.5) is 15.8 Å². The Kier molecular flexibility index (Phi) is 3.38. The fourth-order valence-corrected chi connectivity index (χ4v) is 2.26. The summed E-state index contributed by atoms with van der Waals surface area (Å²) in [6.45, 7) is 3.12. The topological polar surface area (TPSA) is 29.3 Å². The summed E-state index contributed by atoms with van der Waals surface area (Å²) < 4.78 is 13.8. The van der Waals surface area contributed by atoms with Gasteiger partial charge in [-0.25, -0.2) is 4.39 Å². The highest BCUT2D eigenvalue weighted by Crippen LogP contribution is 2.37. The minimum absolute atomic E-state index is 0.298. The SMILES string of the molecule is CCCN(c1cc(Br)c(F)cc1N)C1CC1. The highest BCUT2D eigenvalue weighted by molar-refractivity contribution is 9.10. The van der Waals surface area contributed by atoms with Crippen LogP contribution >= 0.6 is 15.9 Å². The summed E-state index contributed by atoms with van der Waals surface area (Å²) in [5, 5.41) is 0. The lowest BCUT2D eigenvalue weighted by Crippen LogP contribution is -2.27. The second kappa shape index (κ2) is 4.62. The van der Waals surface area contributed by atoms with Gasteiger partial charge in [-0.15, -0.1) is 0 Å². The zero-order chi connectivity index (χ0) is 11.7. The van der Waals surface area contributed by atoms with Crippen LogP contribution < -0.4 is 10.6 Å². The summed E-state index contributed by atoms with van der Waals surface area (Å²) in [5.41, 5.74) is 7.37. The molecule has 1 aliphatic rings. The molecule has 1 aromatic rings. The highest BCUT2D eigenvalue weighted by Gasteiger charge is 2.30. The number of rotatable bonds is 4. The third-order valence-electron chi connectivity index (χ3n) is 2.83. The van der Waals surface area contributed by atoms with Crippen LogP contribution in [0.5, 0.6) is 0 Å². The largest absolute Gasteiger partial charge is 0.397 e. The van der Waals surface area contributed by atoms with Crippen molar-refractivity contribution in [1.82, 2.24) is 0 Å². The van der Waals surface area contributed by atoms with E-state index in [1.54, 1.807) is 6.07 Å². The van der Waals surface area contributed by atoms with E-state index in [-0.39, 0.29) is 5.82 Å². The normalized spacial score (nSPS) is 15.2. The van der Waals surface area contributed by atoms with Gasteiger partial charge in [-0.2, -0.15) is 0 Å². The van der Waals surface area contributed by atoms with Crippen molar-refractivity contribution in [3.63, 3.8) is 0 Å². The van der Waals surface area contributed by atoms with Gasteiger partial charge in [-0.05, 0) is 41.3 Å². The van der Waals surface area contributed by atoms with Crippen LogP contribution in [0.2, 0.25) is 0 Å². The maximum Gasteiger partial charge on any atom is 0.139 e. The third-order valence-corrected chi connectivity index (χ3v) is 3.44. The zero-order valence-electron chi connectivity index (χ0n) is 9.34. The predicted molar refractivity (Wildman–Crippen MR) is 69.2 cm³/mol. The average molecular weight is 287 g/mol. The van der Waals surface area contributed by atoms with E-state index in [2.05, 4.69) is 27.8 Å². The molecule has 2 N–H and O–H groups in total. The van der Waals surface area contributed by atoms with Crippen molar-refractivity contribution in [2.24, 2.45) is 0 Å². The summed E-state index contributed by atoms with van der Waals surface area (Å²) in [7, 11) is 0. The first kappa shape index (κ1) is 11.7. The van der Waals surface area contributed by atoms with Crippen molar-refractivity contribution in [2.45, 2.75) is 32.2 Å². The Morgan fingerprint density at radius 3 is 2.75 bits per heavy atom. The number of hydrogen-bond acceptors (Lipinski definition) is 2. The van der Waals surface area contributed by atoms with Crippen LogP contribution in [0, 0.1) is 5.82 Å². The van der Waals surface area contributed by atoms with Gasteiger partial charge in [0, 0.05) is 18.7 Å². The van der Waals surface area contributed by atoms with Gasteiger partial charge in [0.05, 0.1) is 15.8 Å². The minimum Gasteiger partial charge on any atom is -0.397 e. The molecule has 4 heteroatoms. The average Bonchev–Trinajstić information content (AvgIpc) is 3.04. The molecule has 88 valence electrons. The first-order chi connectivity index (χ1) is 7.63. The lowest BCUT2D eigenvalue weighted by molar-refractivity contribution is 0.621. The maximum atomic E-state index is 13.3. The summed E-state index contributed by atoms with van der Waals surface area (Å²) in [6.07, 6.45) is 3.51. The van der Waals surface area contributed by atoms with Crippen LogP contribution in [0.1, 0.15) is 26.2 Å². The van der Waals surface area contributed by atoms with Gasteiger partial charge >= 0.3 is 0 Å². The summed E-state index contributed by atoms with van der Waals surface area (Å²) in [5.74, 6) is -0.298. The van der Waals surface area contributed by atoms with Gasteiger partial charge in [-0.3, -0.25) is 0 Å². The molecule has 0 unspecified atom stereocenters. The molecular formula is C12H16BrFN2. The van der Waals surface area contributed by atoms with Gasteiger partial charge in [-0.1, -0.05) is 6.92 Å². The molecule has 16 heavy (non-hydrogen) atoms. The molecule has 0 aromatic heterocycles. The maximum absolute atomic E-state index is 13.3. The second-order valence-corrected chi connectivity index (χ2v) is 5.10. The minimum atomic E-state index is -0.298. The van der Waals surface area contributed by atoms with E-state index >= 15 is 0 Å². The molecule has 0 atom stereocenters. The fourth-order valence-electron chi connectivity index (χ4n) is 1.93. The number of nitrogens with zero attached hydrogens (tertiary/aromatic N) is 1. The molecule has 2 nitrogen and oxygen atoms in total. The molecule has 0 heterocycles. The summed E-state index contributed by atoms with van der Waals surface area (Å²) >= 11 is 3.21. The Bertz CT molecular complexity index is 391. The number of hydrogen-bond donors (Lipinski definition) is 1. The van der Waals surface area contributed by atoms with Crippen molar-refractivity contribution in [3.8, 4) is 0 Å². The monoisotopic (exact) mass is 286 g/mol. The van der Waals surface area contributed by atoms with Crippen LogP contribution in [0.25, 0.3) is 0 Å². The molecule has 2 rings (SSSR count). The zero-order valence-corrected chi connectivity index (χ0v) is 10.9.